The minimum Gasteiger partial charge on any atom is -0.303 e. The molecule has 6 heteroatoms. The van der Waals surface area contributed by atoms with Crippen molar-refractivity contribution >= 4 is 15.8 Å². The molecule has 5 nitrogen and oxygen atoms in total. The van der Waals surface area contributed by atoms with E-state index in [2.05, 4.69) is 11.8 Å². The zero-order valence-corrected chi connectivity index (χ0v) is 16.7. The van der Waals surface area contributed by atoms with Crippen LogP contribution in [0.4, 0.5) is 0 Å². The van der Waals surface area contributed by atoms with Crippen LogP contribution in [0.25, 0.3) is 0 Å². The standard InChI is InChI=1S/C20H30N2O3S/c1-16-4-3-11-21(14-16)15-18-9-12-22(13-10-18)26(24,25)20-7-5-19(6-8-20)17(2)23/h5-8,16,18H,3-4,9-15H2,1-2H3/t16-/m0/s1. The Morgan fingerprint density at radius 2 is 1.73 bits per heavy atom. The summed E-state index contributed by atoms with van der Waals surface area (Å²) in [6.45, 7) is 8.45. The number of hydrogen-bond donors (Lipinski definition) is 0. The number of rotatable bonds is 5. The molecule has 1 atom stereocenters. The fraction of sp³-hybridized carbons (Fsp3) is 0.650. The third kappa shape index (κ3) is 4.53. The van der Waals surface area contributed by atoms with Crippen LogP contribution >= 0.6 is 0 Å². The van der Waals surface area contributed by atoms with Gasteiger partial charge in [-0.3, -0.25) is 4.79 Å². The molecule has 0 bridgehead atoms. The lowest BCUT2D eigenvalue weighted by molar-refractivity contribution is 0.101. The fourth-order valence-electron chi connectivity index (χ4n) is 4.16. The first-order chi connectivity index (χ1) is 12.4. The fourth-order valence-corrected chi connectivity index (χ4v) is 5.63. The number of carbonyl (C=O) groups excluding carboxylic acids is 1. The quantitative estimate of drug-likeness (QED) is 0.739. The Balaban J connectivity index is 1.57. The number of piperidine rings is 2. The van der Waals surface area contributed by atoms with Gasteiger partial charge in [-0.2, -0.15) is 4.31 Å². The molecule has 2 fully saturated rings. The van der Waals surface area contributed by atoms with E-state index >= 15 is 0 Å². The highest BCUT2D eigenvalue weighted by molar-refractivity contribution is 7.89. The van der Waals surface area contributed by atoms with Crippen molar-refractivity contribution in [3.63, 3.8) is 0 Å². The normalized spacial score (nSPS) is 23.8. The topological polar surface area (TPSA) is 57.7 Å². The first-order valence-electron chi connectivity index (χ1n) is 9.70. The van der Waals surface area contributed by atoms with Gasteiger partial charge in [0, 0.05) is 31.7 Å². The van der Waals surface area contributed by atoms with Crippen LogP contribution in [0.2, 0.25) is 0 Å². The van der Waals surface area contributed by atoms with E-state index in [1.54, 1.807) is 28.6 Å². The molecule has 26 heavy (non-hydrogen) atoms. The first-order valence-corrected chi connectivity index (χ1v) is 11.1. The predicted octanol–water partition coefficient (Wildman–Crippen LogP) is 3.02. The zero-order valence-electron chi connectivity index (χ0n) is 15.9. The van der Waals surface area contributed by atoms with E-state index in [4.69, 9.17) is 0 Å². The Hall–Kier alpha value is -1.24. The van der Waals surface area contributed by atoms with Crippen molar-refractivity contribution in [1.29, 1.82) is 0 Å². The smallest absolute Gasteiger partial charge is 0.243 e. The Labute approximate surface area is 157 Å². The monoisotopic (exact) mass is 378 g/mol. The molecule has 1 aromatic rings. The highest BCUT2D eigenvalue weighted by atomic mass is 32.2. The lowest BCUT2D eigenvalue weighted by Gasteiger charge is -2.37. The molecule has 0 spiro atoms. The minimum absolute atomic E-state index is 0.0539. The third-order valence-corrected chi connectivity index (χ3v) is 7.64. The summed E-state index contributed by atoms with van der Waals surface area (Å²) in [5.74, 6) is 1.32. The van der Waals surface area contributed by atoms with E-state index in [1.807, 2.05) is 0 Å². The molecule has 1 aromatic carbocycles. The second-order valence-corrected chi connectivity index (χ2v) is 9.87. The van der Waals surface area contributed by atoms with Gasteiger partial charge in [-0.15, -0.1) is 0 Å². The van der Waals surface area contributed by atoms with Gasteiger partial charge in [-0.1, -0.05) is 19.1 Å². The van der Waals surface area contributed by atoms with Gasteiger partial charge in [0.25, 0.3) is 0 Å². The van der Waals surface area contributed by atoms with Crippen molar-refractivity contribution in [1.82, 2.24) is 9.21 Å². The van der Waals surface area contributed by atoms with Gasteiger partial charge >= 0.3 is 0 Å². The van der Waals surface area contributed by atoms with E-state index in [-0.39, 0.29) is 10.7 Å². The molecule has 2 aliphatic rings. The van der Waals surface area contributed by atoms with Gasteiger partial charge in [0.05, 0.1) is 4.90 Å². The van der Waals surface area contributed by atoms with Gasteiger partial charge in [-0.05, 0) is 63.1 Å². The van der Waals surface area contributed by atoms with E-state index in [0.717, 1.165) is 25.3 Å². The number of carbonyl (C=O) groups is 1. The second-order valence-electron chi connectivity index (χ2n) is 7.94. The van der Waals surface area contributed by atoms with Crippen LogP contribution in [-0.4, -0.2) is 56.1 Å². The predicted molar refractivity (Wildman–Crippen MR) is 103 cm³/mol. The number of nitrogens with zero attached hydrogens (tertiary/aromatic N) is 2. The van der Waals surface area contributed by atoms with Crippen LogP contribution in [0.3, 0.4) is 0 Å². The number of ketones is 1. The average molecular weight is 379 g/mol. The minimum atomic E-state index is -3.46. The summed E-state index contributed by atoms with van der Waals surface area (Å²) in [5, 5.41) is 0. The molecule has 0 N–H and O–H groups in total. The lowest BCUT2D eigenvalue weighted by Crippen LogP contribution is -2.43. The largest absolute Gasteiger partial charge is 0.303 e. The second kappa shape index (κ2) is 8.19. The van der Waals surface area contributed by atoms with Crippen molar-refractivity contribution in [3.05, 3.63) is 29.8 Å². The van der Waals surface area contributed by atoms with Gasteiger partial charge < -0.3 is 4.90 Å². The van der Waals surface area contributed by atoms with Crippen LogP contribution in [0.15, 0.2) is 29.2 Å². The van der Waals surface area contributed by atoms with Crippen LogP contribution in [0, 0.1) is 11.8 Å². The maximum absolute atomic E-state index is 12.8. The van der Waals surface area contributed by atoms with Gasteiger partial charge in [-0.25, -0.2) is 8.42 Å². The Kier molecular flexibility index (Phi) is 6.15. The number of hydrogen-bond acceptors (Lipinski definition) is 4. The van der Waals surface area contributed by atoms with Crippen molar-refractivity contribution in [3.8, 4) is 0 Å². The summed E-state index contributed by atoms with van der Waals surface area (Å²) in [6, 6.07) is 6.29. The molecule has 144 valence electrons. The van der Waals surface area contributed by atoms with E-state index in [1.165, 1.54) is 32.9 Å². The molecule has 2 heterocycles. The Morgan fingerprint density at radius 1 is 1.08 bits per heavy atom. The first kappa shape index (κ1) is 19.5. The van der Waals surface area contributed by atoms with Crippen molar-refractivity contribution in [2.75, 3.05) is 32.7 Å². The van der Waals surface area contributed by atoms with Crippen LogP contribution in [-0.2, 0) is 10.0 Å². The average Bonchev–Trinajstić information content (AvgIpc) is 2.62. The number of benzene rings is 1. The zero-order chi connectivity index (χ0) is 18.7. The third-order valence-electron chi connectivity index (χ3n) is 5.73. The highest BCUT2D eigenvalue weighted by Gasteiger charge is 2.30. The molecule has 0 amide bonds. The summed E-state index contributed by atoms with van der Waals surface area (Å²) in [4.78, 5) is 14.2. The van der Waals surface area contributed by atoms with E-state index < -0.39 is 10.0 Å². The van der Waals surface area contributed by atoms with Crippen molar-refractivity contribution in [2.24, 2.45) is 11.8 Å². The lowest BCUT2D eigenvalue weighted by atomic mass is 9.94. The molecule has 2 aliphatic heterocycles. The molecule has 3 rings (SSSR count). The van der Waals surface area contributed by atoms with Gasteiger partial charge in [0.2, 0.25) is 10.0 Å². The van der Waals surface area contributed by atoms with Crippen molar-refractivity contribution < 1.29 is 13.2 Å². The molecule has 0 unspecified atom stereocenters. The molecule has 0 saturated carbocycles. The van der Waals surface area contributed by atoms with Crippen molar-refractivity contribution in [2.45, 2.75) is 44.4 Å². The maximum atomic E-state index is 12.8. The maximum Gasteiger partial charge on any atom is 0.243 e. The summed E-state index contributed by atoms with van der Waals surface area (Å²) < 4.78 is 27.3. The number of sulfonamides is 1. The summed E-state index contributed by atoms with van der Waals surface area (Å²) in [6.07, 6.45) is 4.46. The number of likely N-dealkylation sites (tertiary alicyclic amines) is 1. The molecule has 0 radical (unpaired) electrons. The molecular weight excluding hydrogens is 348 g/mol. The van der Waals surface area contributed by atoms with E-state index in [0.29, 0.717) is 24.6 Å². The van der Waals surface area contributed by atoms with Gasteiger partial charge in [0.15, 0.2) is 5.78 Å². The highest BCUT2D eigenvalue weighted by Crippen LogP contribution is 2.26. The van der Waals surface area contributed by atoms with Crippen LogP contribution < -0.4 is 0 Å². The molecule has 0 aliphatic carbocycles. The molecule has 2 saturated heterocycles. The summed E-state index contributed by atoms with van der Waals surface area (Å²) in [7, 11) is -3.46. The summed E-state index contributed by atoms with van der Waals surface area (Å²) in [5.41, 5.74) is 0.540. The Morgan fingerprint density at radius 3 is 2.31 bits per heavy atom. The van der Waals surface area contributed by atoms with Gasteiger partial charge in [0.1, 0.15) is 0 Å². The molecule has 0 aromatic heterocycles. The van der Waals surface area contributed by atoms with Crippen LogP contribution in [0.1, 0.15) is 49.9 Å². The molecular formula is C20H30N2O3S. The number of Topliss-reactive ketones (excluding diaryl/α,β-unsaturated/α-hetero) is 1. The summed E-state index contributed by atoms with van der Waals surface area (Å²) >= 11 is 0. The van der Waals surface area contributed by atoms with E-state index in [9.17, 15) is 13.2 Å². The Bertz CT molecular complexity index is 722. The van der Waals surface area contributed by atoms with Crippen LogP contribution in [0.5, 0.6) is 0 Å². The SMILES string of the molecule is CC(=O)c1ccc(S(=O)(=O)N2CCC(CN3CCC[C@H](C)C3)CC2)cc1.